The third-order valence-electron chi connectivity index (χ3n) is 7.30. The summed E-state index contributed by atoms with van der Waals surface area (Å²) in [6.45, 7) is 4.61. The standard InChI is InChI=1S/C29H26ClN5O3S/c1-2-22(36)34-15-7-11-20(17-34)32-26(37)25-24-23-21(12-14-31-27(23)39-25)35(28(38)33-24)29(30)13-6-10-19(16-29)18-8-4-3-5-9-18/h2-6,8-10,12-14,20H,1,7,11,15-17H2,(H,32,37)(H,33,38)/t20?,29-/m1/s1. The van der Waals surface area contributed by atoms with Crippen LogP contribution in [-0.4, -0.2) is 51.9 Å². The molecular formula is C29H26ClN5O3S. The van der Waals surface area contributed by atoms with Crippen LogP contribution in [0.3, 0.4) is 0 Å². The lowest BCUT2D eigenvalue weighted by atomic mass is 9.92. The van der Waals surface area contributed by atoms with Gasteiger partial charge in [-0.25, -0.2) is 9.78 Å². The molecule has 0 spiro atoms. The van der Waals surface area contributed by atoms with Crippen LogP contribution >= 0.6 is 22.9 Å². The van der Waals surface area contributed by atoms with Gasteiger partial charge >= 0.3 is 6.03 Å². The van der Waals surface area contributed by atoms with Crippen LogP contribution in [0.5, 0.6) is 0 Å². The zero-order valence-electron chi connectivity index (χ0n) is 21.0. The maximum atomic E-state index is 13.6. The Morgan fingerprint density at radius 3 is 2.87 bits per heavy atom. The van der Waals surface area contributed by atoms with Crippen molar-refractivity contribution in [3.63, 3.8) is 0 Å². The van der Waals surface area contributed by atoms with Crippen LogP contribution in [-0.2, 0) is 4.79 Å². The Kier molecular flexibility index (Phi) is 6.48. The number of hydrogen-bond acceptors (Lipinski definition) is 5. The number of pyridine rings is 1. The van der Waals surface area contributed by atoms with Gasteiger partial charge in [0.1, 0.15) is 14.7 Å². The minimum absolute atomic E-state index is 0.149. The molecule has 4 heterocycles. The zero-order chi connectivity index (χ0) is 27.1. The number of hydrogen-bond donors (Lipinski definition) is 2. The van der Waals surface area contributed by atoms with E-state index in [1.165, 1.54) is 17.4 Å². The number of carbonyl (C=O) groups is 3. The van der Waals surface area contributed by atoms with Crippen molar-refractivity contribution in [1.82, 2.24) is 15.2 Å². The number of nitrogens with one attached hydrogen (secondary N) is 2. The van der Waals surface area contributed by atoms with Crippen LogP contribution < -0.4 is 15.5 Å². The maximum absolute atomic E-state index is 13.6. The molecular weight excluding hydrogens is 534 g/mol. The first-order chi connectivity index (χ1) is 18.9. The largest absolute Gasteiger partial charge is 0.347 e. The van der Waals surface area contributed by atoms with E-state index in [-0.39, 0.29) is 17.9 Å². The first kappa shape index (κ1) is 25.3. The van der Waals surface area contributed by atoms with Gasteiger partial charge in [0.05, 0.1) is 16.8 Å². The van der Waals surface area contributed by atoms with Gasteiger partial charge in [-0.1, -0.05) is 60.7 Å². The van der Waals surface area contributed by atoms with Crippen molar-refractivity contribution in [2.45, 2.75) is 30.3 Å². The summed E-state index contributed by atoms with van der Waals surface area (Å²) in [6.07, 6.45) is 10.6. The monoisotopic (exact) mass is 559 g/mol. The smallest absolute Gasteiger partial charge is 0.328 e. The first-order valence-electron chi connectivity index (χ1n) is 12.8. The number of halogens is 1. The molecule has 1 aliphatic carbocycles. The van der Waals surface area contributed by atoms with E-state index in [1.54, 1.807) is 22.1 Å². The van der Waals surface area contributed by atoms with Crippen LogP contribution in [0.15, 0.2) is 73.5 Å². The zero-order valence-corrected chi connectivity index (χ0v) is 22.6. The number of aromatic nitrogens is 1. The second-order valence-electron chi connectivity index (χ2n) is 9.80. The fourth-order valence-corrected chi connectivity index (χ4v) is 6.90. The van der Waals surface area contributed by atoms with Gasteiger partial charge in [-0.3, -0.25) is 14.5 Å². The second kappa shape index (κ2) is 9.98. The van der Waals surface area contributed by atoms with Gasteiger partial charge in [-0.05, 0) is 42.2 Å². The second-order valence-corrected chi connectivity index (χ2v) is 11.4. The van der Waals surface area contributed by atoms with Crippen molar-refractivity contribution in [2.24, 2.45) is 0 Å². The maximum Gasteiger partial charge on any atom is 0.328 e. The summed E-state index contributed by atoms with van der Waals surface area (Å²) in [5, 5.41) is 6.67. The number of allylic oxidation sites excluding steroid dienone is 2. The summed E-state index contributed by atoms with van der Waals surface area (Å²) in [5.41, 5.74) is 3.09. The topological polar surface area (TPSA) is 94.6 Å². The Hall–Kier alpha value is -3.95. The molecule has 1 saturated heterocycles. The van der Waals surface area contributed by atoms with Gasteiger partial charge in [0.25, 0.3) is 5.91 Å². The highest BCUT2D eigenvalue weighted by molar-refractivity contribution is 7.21. The van der Waals surface area contributed by atoms with Crippen molar-refractivity contribution in [2.75, 3.05) is 23.3 Å². The summed E-state index contributed by atoms with van der Waals surface area (Å²) in [4.78, 5) is 46.7. The summed E-state index contributed by atoms with van der Waals surface area (Å²) in [6, 6.07) is 11.1. The predicted molar refractivity (Wildman–Crippen MR) is 155 cm³/mol. The number of nitrogens with zero attached hydrogens (tertiary/aromatic N) is 3. The molecule has 2 aromatic heterocycles. The Morgan fingerprint density at radius 2 is 2.08 bits per heavy atom. The fraction of sp³-hybridized carbons (Fsp3) is 0.241. The molecule has 2 aliphatic heterocycles. The fourth-order valence-electron chi connectivity index (χ4n) is 5.49. The third kappa shape index (κ3) is 4.51. The van der Waals surface area contributed by atoms with Crippen LogP contribution in [0.4, 0.5) is 16.2 Å². The van der Waals surface area contributed by atoms with Gasteiger partial charge in [0.15, 0.2) is 0 Å². The Morgan fingerprint density at radius 1 is 1.26 bits per heavy atom. The highest BCUT2D eigenvalue weighted by Crippen LogP contribution is 2.48. The SMILES string of the molecule is C=CC(=O)N1CCCC(NC(=O)c2sc3nccc4c3c2NC(=O)N4[C@]2(Cl)C=CC=C(c3ccccc3)C2)C1. The van der Waals surface area contributed by atoms with Crippen molar-refractivity contribution < 1.29 is 14.4 Å². The number of amides is 4. The van der Waals surface area contributed by atoms with E-state index in [0.29, 0.717) is 46.0 Å². The van der Waals surface area contributed by atoms with Crippen LogP contribution in [0.25, 0.3) is 15.8 Å². The molecule has 0 saturated carbocycles. The number of alkyl halides is 1. The first-order valence-corrected chi connectivity index (χ1v) is 13.9. The molecule has 6 rings (SSSR count). The van der Waals surface area contributed by atoms with Crippen LogP contribution in [0, 0.1) is 0 Å². The molecule has 2 atom stereocenters. The van der Waals surface area contributed by atoms with E-state index in [1.807, 2.05) is 48.6 Å². The Balaban J connectivity index is 1.31. The lowest BCUT2D eigenvalue weighted by Crippen LogP contribution is -2.51. The highest BCUT2D eigenvalue weighted by Gasteiger charge is 2.43. The summed E-state index contributed by atoms with van der Waals surface area (Å²) >= 11 is 8.42. The number of thiophene rings is 1. The summed E-state index contributed by atoms with van der Waals surface area (Å²) in [5.74, 6) is -0.456. The van der Waals surface area contributed by atoms with E-state index in [9.17, 15) is 14.4 Å². The van der Waals surface area contributed by atoms with E-state index >= 15 is 0 Å². The summed E-state index contributed by atoms with van der Waals surface area (Å²) < 4.78 is 0. The quantitative estimate of drug-likeness (QED) is 0.244. The van der Waals surface area contributed by atoms with Crippen molar-refractivity contribution in [3.05, 3.63) is 83.9 Å². The van der Waals surface area contributed by atoms with Crippen molar-refractivity contribution in [1.29, 1.82) is 0 Å². The highest BCUT2D eigenvalue weighted by atomic mass is 35.5. The average Bonchev–Trinajstić information content (AvgIpc) is 3.32. The number of anilines is 2. The molecule has 1 aromatic carbocycles. The number of likely N-dealkylation sites (tertiary alicyclic amines) is 1. The molecule has 0 bridgehead atoms. The minimum atomic E-state index is -1.15. The molecule has 4 amide bonds. The molecule has 2 N–H and O–H groups in total. The Bertz CT molecular complexity index is 1570. The predicted octanol–water partition coefficient (Wildman–Crippen LogP) is 5.53. The van der Waals surface area contributed by atoms with Crippen molar-refractivity contribution >= 4 is 67.9 Å². The number of carbonyl (C=O) groups excluding carboxylic acids is 3. The number of rotatable bonds is 5. The van der Waals surface area contributed by atoms with Gasteiger partial charge in [-0.15, -0.1) is 11.3 Å². The molecule has 0 radical (unpaired) electrons. The molecule has 1 fully saturated rings. The van der Waals surface area contributed by atoms with Gasteiger partial charge in [0.2, 0.25) is 5.91 Å². The molecule has 1 unspecified atom stereocenters. The third-order valence-corrected chi connectivity index (χ3v) is 8.82. The normalized spacial score (nSPS) is 22.3. The lowest BCUT2D eigenvalue weighted by Gasteiger charge is -2.41. The number of benzene rings is 1. The molecule has 10 heteroatoms. The van der Waals surface area contributed by atoms with Crippen LogP contribution in [0.1, 0.15) is 34.5 Å². The molecule has 3 aliphatic rings. The molecule has 39 heavy (non-hydrogen) atoms. The number of urea groups is 1. The van der Waals surface area contributed by atoms with Crippen molar-refractivity contribution in [3.8, 4) is 0 Å². The Labute approximate surface area is 234 Å². The lowest BCUT2D eigenvalue weighted by molar-refractivity contribution is -0.127. The van der Waals surface area contributed by atoms with E-state index in [0.717, 1.165) is 24.0 Å². The molecule has 198 valence electrons. The minimum Gasteiger partial charge on any atom is -0.347 e. The van der Waals surface area contributed by atoms with Crippen LogP contribution in [0.2, 0.25) is 0 Å². The van der Waals surface area contributed by atoms with E-state index in [2.05, 4.69) is 22.2 Å². The van der Waals surface area contributed by atoms with E-state index < -0.39 is 11.0 Å². The molecule has 3 aromatic rings. The average molecular weight is 560 g/mol. The van der Waals surface area contributed by atoms with Gasteiger partial charge < -0.3 is 15.5 Å². The van der Waals surface area contributed by atoms with Gasteiger partial charge in [0, 0.05) is 31.7 Å². The van der Waals surface area contributed by atoms with Gasteiger partial charge in [-0.2, -0.15) is 0 Å². The molecule has 8 nitrogen and oxygen atoms in total. The van der Waals surface area contributed by atoms with E-state index in [4.69, 9.17) is 11.6 Å². The number of piperidine rings is 1. The summed E-state index contributed by atoms with van der Waals surface area (Å²) in [7, 11) is 0.